The summed E-state index contributed by atoms with van der Waals surface area (Å²) in [7, 11) is 0. The molecule has 0 aliphatic carbocycles. The maximum Gasteiger partial charge on any atom is 0.0527 e. The fourth-order valence-corrected chi connectivity index (χ4v) is 1.70. The van der Waals surface area contributed by atoms with Crippen LogP contribution in [-0.2, 0) is 0 Å². The maximum absolute atomic E-state index is 3.77. The summed E-state index contributed by atoms with van der Waals surface area (Å²) in [5.41, 5.74) is 1.11. The van der Waals surface area contributed by atoms with Crippen molar-refractivity contribution in [1.82, 2.24) is 0 Å². The molecular weight excluding hydrogens is 182 g/mol. The molecule has 1 nitrogen and oxygen atoms in total. The average molecular weight is 195 g/mol. The number of nitrogens with zero attached hydrogens (tertiary/aromatic N) is 1. The molecule has 0 saturated heterocycles. The van der Waals surface area contributed by atoms with E-state index in [2.05, 4.69) is 37.4 Å². The van der Waals surface area contributed by atoms with Crippen LogP contribution in [0.1, 0.15) is 0 Å². The normalized spacial score (nSPS) is 9.87. The summed E-state index contributed by atoms with van der Waals surface area (Å²) in [4.78, 5) is 1.92. The molecule has 0 radical (unpaired) electrons. The zero-order valence-electron chi connectivity index (χ0n) is 8.56. The van der Waals surface area contributed by atoms with Gasteiger partial charge in [-0.2, -0.15) is 0 Å². The van der Waals surface area contributed by atoms with E-state index in [9.17, 15) is 0 Å². The van der Waals surface area contributed by atoms with Crippen LogP contribution in [0.4, 0.5) is 5.69 Å². The molecule has 1 heteroatoms. The number of benzene rings is 2. The number of hydrogen-bond donors (Lipinski definition) is 0. The van der Waals surface area contributed by atoms with E-state index in [0.717, 1.165) is 5.69 Å². The molecular formula is C14H13N. The van der Waals surface area contributed by atoms with E-state index in [4.69, 9.17) is 0 Å². The van der Waals surface area contributed by atoms with Crippen LogP contribution in [-0.4, -0.2) is 0 Å². The molecule has 0 fully saturated rings. The molecule has 0 amide bonds. The Labute approximate surface area is 90.0 Å². The van der Waals surface area contributed by atoms with Crippen LogP contribution in [0.5, 0.6) is 0 Å². The average Bonchev–Trinajstić information content (AvgIpc) is 2.31. The van der Waals surface area contributed by atoms with Crippen molar-refractivity contribution in [3.05, 3.63) is 68.0 Å². The topological polar surface area (TPSA) is 3.24 Å². The zero-order chi connectivity index (χ0) is 10.7. The highest BCUT2D eigenvalue weighted by molar-refractivity contribution is 5.94. The van der Waals surface area contributed by atoms with Gasteiger partial charge in [-0.3, -0.25) is 0 Å². The van der Waals surface area contributed by atoms with Crippen molar-refractivity contribution in [2.45, 2.75) is 0 Å². The van der Waals surface area contributed by atoms with Crippen molar-refractivity contribution in [2.24, 2.45) is 0 Å². The predicted octanol–water partition coefficient (Wildman–Crippen LogP) is 3.93. The highest BCUT2D eigenvalue weighted by Gasteiger charge is 2.02. The Morgan fingerprint density at radius 3 is 2.27 bits per heavy atom. The van der Waals surface area contributed by atoms with Crippen LogP contribution >= 0.6 is 0 Å². The van der Waals surface area contributed by atoms with Gasteiger partial charge in [0.15, 0.2) is 0 Å². The number of rotatable bonds is 3. The quantitative estimate of drug-likeness (QED) is 0.717. The summed E-state index contributed by atoms with van der Waals surface area (Å²) in [5.74, 6) is 0. The molecule has 2 aromatic rings. The molecule has 0 saturated carbocycles. The monoisotopic (exact) mass is 195 g/mol. The Hall–Kier alpha value is -2.02. The smallest absolute Gasteiger partial charge is 0.0527 e. The first-order valence-corrected chi connectivity index (χ1v) is 4.88. The van der Waals surface area contributed by atoms with E-state index in [1.807, 2.05) is 23.1 Å². The van der Waals surface area contributed by atoms with Gasteiger partial charge in [-0.25, -0.2) is 0 Å². The summed E-state index contributed by atoms with van der Waals surface area (Å²) in [5, 5.41) is 2.43. The SMILES string of the molecule is C=CN(C=C)c1cccc2ccccc12. The zero-order valence-corrected chi connectivity index (χ0v) is 8.56. The van der Waals surface area contributed by atoms with Crippen LogP contribution in [0.3, 0.4) is 0 Å². The summed E-state index contributed by atoms with van der Waals surface area (Å²) >= 11 is 0. The van der Waals surface area contributed by atoms with E-state index < -0.39 is 0 Å². The van der Waals surface area contributed by atoms with E-state index in [-0.39, 0.29) is 0 Å². The number of hydrogen-bond acceptors (Lipinski definition) is 1. The molecule has 0 atom stereocenters. The third-order valence-electron chi connectivity index (χ3n) is 2.44. The second-order valence-corrected chi connectivity index (χ2v) is 3.27. The molecule has 0 N–H and O–H groups in total. The number of fused-ring (bicyclic) bond motifs is 1. The first kappa shape index (κ1) is 9.53. The van der Waals surface area contributed by atoms with Gasteiger partial charge < -0.3 is 4.90 Å². The summed E-state index contributed by atoms with van der Waals surface area (Å²) in [6.45, 7) is 7.54. The summed E-state index contributed by atoms with van der Waals surface area (Å²) in [6.07, 6.45) is 3.52. The standard InChI is InChI=1S/C14H13N/c1-3-15(4-2)14-11-7-9-12-8-5-6-10-13(12)14/h3-11H,1-2H2. The predicted molar refractivity (Wildman–Crippen MR) is 66.8 cm³/mol. The molecule has 2 aromatic carbocycles. The Morgan fingerprint density at radius 2 is 1.53 bits per heavy atom. The van der Waals surface area contributed by atoms with E-state index in [1.54, 1.807) is 12.4 Å². The first-order chi connectivity index (χ1) is 7.36. The Morgan fingerprint density at radius 1 is 0.867 bits per heavy atom. The maximum atomic E-state index is 3.77. The van der Waals surface area contributed by atoms with Gasteiger partial charge in [0.25, 0.3) is 0 Å². The Balaban J connectivity index is 2.69. The summed E-state index contributed by atoms with van der Waals surface area (Å²) in [6, 6.07) is 14.5. The van der Waals surface area contributed by atoms with Crippen molar-refractivity contribution in [3.8, 4) is 0 Å². The van der Waals surface area contributed by atoms with E-state index >= 15 is 0 Å². The van der Waals surface area contributed by atoms with Crippen LogP contribution in [0.15, 0.2) is 68.0 Å². The molecule has 74 valence electrons. The molecule has 2 rings (SSSR count). The number of anilines is 1. The fraction of sp³-hybridized carbons (Fsp3) is 0. The molecule has 0 bridgehead atoms. The van der Waals surface area contributed by atoms with Crippen molar-refractivity contribution < 1.29 is 0 Å². The van der Waals surface area contributed by atoms with Gasteiger partial charge in [0.1, 0.15) is 0 Å². The van der Waals surface area contributed by atoms with Crippen molar-refractivity contribution in [2.75, 3.05) is 4.90 Å². The molecule has 0 unspecified atom stereocenters. The largest absolute Gasteiger partial charge is 0.324 e. The Kier molecular flexibility index (Phi) is 2.55. The molecule has 0 spiro atoms. The van der Waals surface area contributed by atoms with Gasteiger partial charge >= 0.3 is 0 Å². The van der Waals surface area contributed by atoms with Crippen LogP contribution in [0.25, 0.3) is 10.8 Å². The lowest BCUT2D eigenvalue weighted by Crippen LogP contribution is -2.05. The minimum absolute atomic E-state index is 1.11. The van der Waals surface area contributed by atoms with Crippen LogP contribution in [0, 0.1) is 0 Å². The first-order valence-electron chi connectivity index (χ1n) is 4.88. The highest BCUT2D eigenvalue weighted by atomic mass is 15.1. The van der Waals surface area contributed by atoms with Crippen LogP contribution < -0.4 is 4.90 Å². The Bertz CT molecular complexity index is 486. The van der Waals surface area contributed by atoms with Gasteiger partial charge in [0.2, 0.25) is 0 Å². The van der Waals surface area contributed by atoms with Crippen molar-refractivity contribution in [1.29, 1.82) is 0 Å². The molecule has 0 aliphatic rings. The lowest BCUT2D eigenvalue weighted by Gasteiger charge is -2.16. The minimum Gasteiger partial charge on any atom is -0.324 e. The van der Waals surface area contributed by atoms with Gasteiger partial charge in [0, 0.05) is 17.8 Å². The van der Waals surface area contributed by atoms with Gasteiger partial charge in [-0.1, -0.05) is 49.6 Å². The summed E-state index contributed by atoms with van der Waals surface area (Å²) < 4.78 is 0. The van der Waals surface area contributed by atoms with Crippen molar-refractivity contribution in [3.63, 3.8) is 0 Å². The second-order valence-electron chi connectivity index (χ2n) is 3.27. The van der Waals surface area contributed by atoms with E-state index in [1.165, 1.54) is 10.8 Å². The molecule has 0 heterocycles. The highest BCUT2D eigenvalue weighted by Crippen LogP contribution is 2.26. The third-order valence-corrected chi connectivity index (χ3v) is 2.44. The van der Waals surface area contributed by atoms with Crippen LogP contribution in [0.2, 0.25) is 0 Å². The molecule has 0 aromatic heterocycles. The second kappa shape index (κ2) is 4.01. The third kappa shape index (κ3) is 1.64. The van der Waals surface area contributed by atoms with E-state index in [0.29, 0.717) is 0 Å². The fourth-order valence-electron chi connectivity index (χ4n) is 1.70. The van der Waals surface area contributed by atoms with Crippen molar-refractivity contribution >= 4 is 16.5 Å². The van der Waals surface area contributed by atoms with Gasteiger partial charge in [-0.05, 0) is 11.5 Å². The molecule has 15 heavy (non-hydrogen) atoms. The minimum atomic E-state index is 1.11. The van der Waals surface area contributed by atoms with Gasteiger partial charge in [-0.15, -0.1) is 0 Å². The van der Waals surface area contributed by atoms with Gasteiger partial charge in [0.05, 0.1) is 5.69 Å². The molecule has 0 aliphatic heterocycles. The lowest BCUT2D eigenvalue weighted by atomic mass is 10.1. The lowest BCUT2D eigenvalue weighted by molar-refractivity contribution is 1.31.